The number of aryl methyl sites for hydroxylation is 1. The van der Waals surface area contributed by atoms with Gasteiger partial charge in [0.2, 0.25) is 5.88 Å². The topological polar surface area (TPSA) is 55.1 Å². The third-order valence-corrected chi connectivity index (χ3v) is 4.73. The van der Waals surface area contributed by atoms with Gasteiger partial charge < -0.3 is 5.11 Å². The van der Waals surface area contributed by atoms with Crippen molar-refractivity contribution in [3.05, 3.63) is 81.6 Å². The summed E-state index contributed by atoms with van der Waals surface area (Å²) in [5, 5.41) is 10.8. The minimum absolute atomic E-state index is 0.187. The molecule has 0 saturated carbocycles. The summed E-state index contributed by atoms with van der Waals surface area (Å²) in [7, 11) is 0. The third kappa shape index (κ3) is 3.77. The van der Waals surface area contributed by atoms with Crippen molar-refractivity contribution in [3.63, 3.8) is 0 Å². The molecule has 1 aromatic heterocycles. The summed E-state index contributed by atoms with van der Waals surface area (Å²) in [6, 6.07) is 17.4. The largest absolute Gasteiger partial charge is 0.493 e. The van der Waals surface area contributed by atoms with E-state index in [4.69, 9.17) is 0 Å². The quantitative estimate of drug-likeness (QED) is 0.558. The Hall–Kier alpha value is -2.53. The molecule has 0 fully saturated rings. The van der Waals surface area contributed by atoms with Crippen molar-refractivity contribution in [1.82, 2.24) is 9.55 Å². The van der Waals surface area contributed by atoms with Crippen molar-refractivity contribution in [1.29, 1.82) is 0 Å². The second-order valence-electron chi connectivity index (χ2n) is 5.77. The van der Waals surface area contributed by atoms with Crippen LogP contribution in [0.2, 0.25) is 0 Å². The van der Waals surface area contributed by atoms with Crippen LogP contribution in [0.15, 0.2) is 64.5 Å². The molecule has 0 aliphatic carbocycles. The monoisotopic (exact) mass is 352 g/mol. The fourth-order valence-corrected chi connectivity index (χ4v) is 3.35. The number of thioether (sulfide) groups is 1. The Labute approximate surface area is 151 Å². The normalized spacial score (nSPS) is 10.8. The van der Waals surface area contributed by atoms with E-state index in [9.17, 15) is 9.90 Å². The lowest BCUT2D eigenvalue weighted by atomic mass is 10.1. The van der Waals surface area contributed by atoms with E-state index in [0.29, 0.717) is 17.1 Å². The van der Waals surface area contributed by atoms with Gasteiger partial charge in [0.15, 0.2) is 5.16 Å². The van der Waals surface area contributed by atoms with Crippen LogP contribution < -0.4 is 5.56 Å². The number of aromatic nitrogens is 2. The van der Waals surface area contributed by atoms with E-state index in [1.807, 2.05) is 68.4 Å². The van der Waals surface area contributed by atoms with Gasteiger partial charge >= 0.3 is 0 Å². The molecule has 0 saturated heterocycles. The Morgan fingerprint density at radius 2 is 1.76 bits per heavy atom. The van der Waals surface area contributed by atoms with E-state index >= 15 is 0 Å². The molecule has 5 heteroatoms. The van der Waals surface area contributed by atoms with E-state index in [1.54, 1.807) is 4.57 Å². The van der Waals surface area contributed by atoms with Crippen LogP contribution in [0.25, 0.3) is 5.69 Å². The smallest absolute Gasteiger partial charge is 0.266 e. The molecular weight excluding hydrogens is 332 g/mol. The van der Waals surface area contributed by atoms with Gasteiger partial charge in [0.05, 0.1) is 11.3 Å². The van der Waals surface area contributed by atoms with Gasteiger partial charge in [-0.15, -0.1) is 0 Å². The Morgan fingerprint density at radius 1 is 1.08 bits per heavy atom. The summed E-state index contributed by atoms with van der Waals surface area (Å²) in [6.45, 7) is 4.00. The summed E-state index contributed by atoms with van der Waals surface area (Å²) in [6.07, 6.45) is 0.349. The lowest BCUT2D eigenvalue weighted by Crippen LogP contribution is -2.25. The second kappa shape index (κ2) is 7.57. The fourth-order valence-electron chi connectivity index (χ4n) is 2.63. The van der Waals surface area contributed by atoms with Crippen LogP contribution in [-0.4, -0.2) is 20.4 Å². The molecule has 2 aromatic carbocycles. The zero-order valence-electron chi connectivity index (χ0n) is 14.3. The van der Waals surface area contributed by atoms with Gasteiger partial charge in [-0.25, -0.2) is 0 Å². The van der Waals surface area contributed by atoms with Crippen LogP contribution in [0.3, 0.4) is 0 Å². The minimum atomic E-state index is -0.226. The van der Waals surface area contributed by atoms with Crippen LogP contribution in [0.5, 0.6) is 5.88 Å². The Balaban J connectivity index is 2.16. The van der Waals surface area contributed by atoms with Crippen molar-refractivity contribution in [2.24, 2.45) is 0 Å². The molecule has 1 N–H and O–H groups in total. The molecular formula is C20H20N2O2S. The van der Waals surface area contributed by atoms with E-state index in [2.05, 4.69) is 4.98 Å². The van der Waals surface area contributed by atoms with Crippen LogP contribution in [0.1, 0.15) is 23.6 Å². The number of hydrogen-bond donors (Lipinski definition) is 1. The summed E-state index contributed by atoms with van der Waals surface area (Å²) in [5.74, 6) is 0.573. The zero-order valence-corrected chi connectivity index (χ0v) is 15.1. The van der Waals surface area contributed by atoms with Gasteiger partial charge in [-0.05, 0) is 30.4 Å². The zero-order chi connectivity index (χ0) is 17.8. The number of nitrogens with zero attached hydrogens (tertiary/aromatic N) is 2. The maximum absolute atomic E-state index is 13.1. The maximum Gasteiger partial charge on any atom is 0.266 e. The van der Waals surface area contributed by atoms with Gasteiger partial charge in [0.25, 0.3) is 5.56 Å². The first-order valence-corrected chi connectivity index (χ1v) is 9.17. The van der Waals surface area contributed by atoms with Crippen molar-refractivity contribution in [2.75, 3.05) is 5.75 Å². The molecule has 3 aromatic rings. The van der Waals surface area contributed by atoms with Crippen molar-refractivity contribution < 1.29 is 5.11 Å². The molecule has 0 bridgehead atoms. The first-order valence-electron chi connectivity index (χ1n) is 8.18. The maximum atomic E-state index is 13.1. The van der Waals surface area contributed by atoms with Crippen LogP contribution in [0, 0.1) is 6.92 Å². The molecule has 0 aliphatic rings. The van der Waals surface area contributed by atoms with Crippen molar-refractivity contribution in [2.45, 2.75) is 25.4 Å². The SMILES string of the molecule is CCSc1nc(O)c(Cc2ccccc2)c(=O)n1-c1ccc(C)cc1. The first kappa shape index (κ1) is 17.3. The molecule has 4 nitrogen and oxygen atoms in total. The molecule has 3 rings (SSSR count). The van der Waals surface area contributed by atoms with E-state index in [-0.39, 0.29) is 11.4 Å². The Kier molecular flexibility index (Phi) is 5.24. The van der Waals surface area contributed by atoms with Crippen LogP contribution in [0.4, 0.5) is 0 Å². The second-order valence-corrected chi connectivity index (χ2v) is 7.00. The van der Waals surface area contributed by atoms with Gasteiger partial charge in [-0.1, -0.05) is 66.7 Å². The van der Waals surface area contributed by atoms with Crippen LogP contribution >= 0.6 is 11.8 Å². The standard InChI is InChI=1S/C20H20N2O2S/c1-3-25-20-21-18(23)17(13-15-7-5-4-6-8-15)19(24)22(20)16-11-9-14(2)10-12-16/h4-12,23H,3,13H2,1-2H3. The highest BCUT2D eigenvalue weighted by atomic mass is 32.2. The average molecular weight is 352 g/mol. The molecule has 0 spiro atoms. The summed E-state index contributed by atoms with van der Waals surface area (Å²) < 4.78 is 1.59. The summed E-state index contributed by atoms with van der Waals surface area (Å²) in [4.78, 5) is 17.4. The Bertz CT molecular complexity index is 919. The molecule has 1 heterocycles. The van der Waals surface area contributed by atoms with Gasteiger partial charge in [0.1, 0.15) is 0 Å². The number of aromatic hydroxyl groups is 1. The summed E-state index contributed by atoms with van der Waals surface area (Å²) >= 11 is 1.44. The van der Waals surface area contributed by atoms with Gasteiger partial charge in [0, 0.05) is 6.42 Å². The molecule has 0 atom stereocenters. The molecule has 25 heavy (non-hydrogen) atoms. The highest BCUT2D eigenvalue weighted by Gasteiger charge is 2.18. The van der Waals surface area contributed by atoms with Crippen LogP contribution in [-0.2, 0) is 6.42 Å². The third-order valence-electron chi connectivity index (χ3n) is 3.91. The average Bonchev–Trinajstić information content (AvgIpc) is 2.61. The lowest BCUT2D eigenvalue weighted by Gasteiger charge is -2.14. The van der Waals surface area contributed by atoms with Crippen molar-refractivity contribution in [3.8, 4) is 11.6 Å². The molecule has 0 radical (unpaired) electrons. The predicted octanol–water partition coefficient (Wildman–Crippen LogP) is 3.95. The molecule has 128 valence electrons. The molecule has 0 unspecified atom stereocenters. The molecule has 0 amide bonds. The predicted molar refractivity (Wildman–Crippen MR) is 102 cm³/mol. The van der Waals surface area contributed by atoms with E-state index in [0.717, 1.165) is 22.6 Å². The summed E-state index contributed by atoms with van der Waals surface area (Å²) in [5.41, 5.74) is 2.93. The van der Waals surface area contributed by atoms with Gasteiger partial charge in [-0.3, -0.25) is 9.36 Å². The number of hydrogen-bond acceptors (Lipinski definition) is 4. The van der Waals surface area contributed by atoms with E-state index in [1.165, 1.54) is 11.8 Å². The lowest BCUT2D eigenvalue weighted by molar-refractivity contribution is 0.433. The Morgan fingerprint density at radius 3 is 2.40 bits per heavy atom. The fraction of sp³-hybridized carbons (Fsp3) is 0.200. The molecule has 0 aliphatic heterocycles. The highest BCUT2D eigenvalue weighted by molar-refractivity contribution is 7.99. The number of rotatable bonds is 5. The van der Waals surface area contributed by atoms with Gasteiger partial charge in [-0.2, -0.15) is 4.98 Å². The first-order chi connectivity index (χ1) is 12.1. The minimum Gasteiger partial charge on any atom is -0.493 e. The van der Waals surface area contributed by atoms with Crippen molar-refractivity contribution >= 4 is 11.8 Å². The van der Waals surface area contributed by atoms with E-state index < -0.39 is 0 Å². The number of benzene rings is 2. The highest BCUT2D eigenvalue weighted by Crippen LogP contribution is 2.23.